The van der Waals surface area contributed by atoms with Crippen LogP contribution in [0.15, 0.2) is 53.4 Å². The second-order valence-corrected chi connectivity index (χ2v) is 7.73. The summed E-state index contributed by atoms with van der Waals surface area (Å²) in [6, 6.07) is 8.95. The molecule has 0 saturated carbocycles. The largest absolute Gasteiger partial charge is 0.480 e. The topological polar surface area (TPSA) is 144 Å². The molecule has 2 aromatic carbocycles. The molecule has 2 aromatic rings. The van der Waals surface area contributed by atoms with Gasteiger partial charge in [0, 0.05) is 18.6 Å². The standard InChI is InChI=1S/C17H14N2O8S/c20-16-10-9-15(17(21)22)18(16)28(25,26)14-7-5-13(6-8-14)27-12-3-1-11(2-4-12)19(23)24/h1-8,15H,9-10H2,(H,21,22)/t15-/m1/s1. The Morgan fingerprint density at radius 1 is 1.11 bits per heavy atom. The van der Waals surface area contributed by atoms with Crippen molar-refractivity contribution in [2.75, 3.05) is 0 Å². The highest BCUT2D eigenvalue weighted by atomic mass is 32.2. The van der Waals surface area contributed by atoms with Gasteiger partial charge in [0.2, 0.25) is 5.91 Å². The van der Waals surface area contributed by atoms with Crippen LogP contribution in [0.1, 0.15) is 12.8 Å². The van der Waals surface area contributed by atoms with Crippen LogP contribution >= 0.6 is 0 Å². The highest BCUT2D eigenvalue weighted by Gasteiger charge is 2.44. The maximum atomic E-state index is 12.7. The number of ether oxygens (including phenoxy) is 1. The van der Waals surface area contributed by atoms with Gasteiger partial charge in [-0.25, -0.2) is 17.5 Å². The Bertz CT molecular complexity index is 1030. The van der Waals surface area contributed by atoms with E-state index in [9.17, 15) is 28.1 Å². The molecule has 1 amide bonds. The lowest BCUT2D eigenvalue weighted by Gasteiger charge is -2.21. The minimum absolute atomic E-state index is 0.0747. The number of non-ortho nitro benzene ring substituents is 1. The second kappa shape index (κ2) is 7.27. The summed E-state index contributed by atoms with van der Waals surface area (Å²) in [5, 5.41) is 19.8. The van der Waals surface area contributed by atoms with E-state index in [1.807, 2.05) is 0 Å². The van der Waals surface area contributed by atoms with Crippen LogP contribution in [0.25, 0.3) is 0 Å². The average molecular weight is 406 g/mol. The van der Waals surface area contributed by atoms with Crippen molar-refractivity contribution in [3.8, 4) is 11.5 Å². The monoisotopic (exact) mass is 406 g/mol. The molecule has 1 aliphatic rings. The van der Waals surface area contributed by atoms with Crippen molar-refractivity contribution in [2.24, 2.45) is 0 Å². The quantitative estimate of drug-likeness (QED) is 0.567. The van der Waals surface area contributed by atoms with E-state index < -0.39 is 32.9 Å². The van der Waals surface area contributed by atoms with E-state index in [0.29, 0.717) is 10.1 Å². The first-order valence-electron chi connectivity index (χ1n) is 8.02. The summed E-state index contributed by atoms with van der Waals surface area (Å²) < 4.78 is 31.2. The first kappa shape index (κ1) is 19.3. The molecule has 0 radical (unpaired) electrons. The first-order valence-corrected chi connectivity index (χ1v) is 9.46. The van der Waals surface area contributed by atoms with Crippen LogP contribution in [-0.4, -0.2) is 40.7 Å². The number of hydrogen-bond acceptors (Lipinski definition) is 7. The van der Waals surface area contributed by atoms with Crippen molar-refractivity contribution in [1.29, 1.82) is 0 Å². The zero-order chi connectivity index (χ0) is 20.5. The predicted molar refractivity (Wildman–Crippen MR) is 94.3 cm³/mol. The summed E-state index contributed by atoms with van der Waals surface area (Å²) in [5.41, 5.74) is -0.0999. The Morgan fingerprint density at radius 3 is 2.14 bits per heavy atom. The molecule has 1 saturated heterocycles. The fourth-order valence-corrected chi connectivity index (χ4v) is 4.35. The number of nitro groups is 1. The third-order valence-electron chi connectivity index (χ3n) is 4.11. The maximum absolute atomic E-state index is 12.7. The number of carbonyl (C=O) groups excluding carboxylic acids is 1. The Morgan fingerprint density at radius 2 is 1.64 bits per heavy atom. The number of carboxylic acids is 1. The Labute approximate surface area is 159 Å². The molecule has 0 aliphatic carbocycles. The Balaban J connectivity index is 1.80. The Kier molecular flexibility index (Phi) is 5.01. The third kappa shape index (κ3) is 3.64. The SMILES string of the molecule is O=C(O)[C@H]1CCC(=O)N1S(=O)(=O)c1ccc(Oc2ccc([N+](=O)[O-])cc2)cc1. The van der Waals surface area contributed by atoms with Gasteiger partial charge in [-0.15, -0.1) is 0 Å². The molecule has 1 fully saturated rings. The third-order valence-corrected chi connectivity index (χ3v) is 5.95. The van der Waals surface area contributed by atoms with E-state index in [0.717, 1.165) is 0 Å². The number of sulfonamides is 1. The van der Waals surface area contributed by atoms with Crippen molar-refractivity contribution in [3.05, 3.63) is 58.6 Å². The van der Waals surface area contributed by atoms with Crippen LogP contribution in [0.5, 0.6) is 11.5 Å². The Hall–Kier alpha value is -3.47. The van der Waals surface area contributed by atoms with Gasteiger partial charge in [0.25, 0.3) is 15.7 Å². The number of amides is 1. The van der Waals surface area contributed by atoms with Gasteiger partial charge in [0.15, 0.2) is 0 Å². The van der Waals surface area contributed by atoms with E-state index in [1.165, 1.54) is 48.5 Å². The van der Waals surface area contributed by atoms with Crippen LogP contribution in [0.3, 0.4) is 0 Å². The number of nitrogens with zero attached hydrogens (tertiary/aromatic N) is 2. The molecule has 1 N–H and O–H groups in total. The van der Waals surface area contributed by atoms with E-state index >= 15 is 0 Å². The van der Waals surface area contributed by atoms with Crippen molar-refractivity contribution >= 4 is 27.6 Å². The van der Waals surface area contributed by atoms with Gasteiger partial charge in [-0.05, 0) is 42.8 Å². The molecular weight excluding hydrogens is 392 g/mol. The summed E-state index contributed by atoms with van der Waals surface area (Å²) in [6.07, 6.45) is -0.230. The average Bonchev–Trinajstić information content (AvgIpc) is 3.05. The molecule has 1 heterocycles. The fourth-order valence-electron chi connectivity index (χ4n) is 2.75. The minimum Gasteiger partial charge on any atom is -0.480 e. The second-order valence-electron chi connectivity index (χ2n) is 5.91. The van der Waals surface area contributed by atoms with Crippen molar-refractivity contribution in [3.63, 3.8) is 0 Å². The van der Waals surface area contributed by atoms with Gasteiger partial charge >= 0.3 is 5.97 Å². The number of benzene rings is 2. The molecule has 0 aromatic heterocycles. The smallest absolute Gasteiger partial charge is 0.327 e. The minimum atomic E-state index is -4.31. The molecule has 10 nitrogen and oxygen atoms in total. The number of carbonyl (C=O) groups is 2. The highest BCUT2D eigenvalue weighted by molar-refractivity contribution is 7.89. The van der Waals surface area contributed by atoms with Crippen LogP contribution in [0, 0.1) is 10.1 Å². The van der Waals surface area contributed by atoms with E-state index in [-0.39, 0.29) is 29.2 Å². The summed E-state index contributed by atoms with van der Waals surface area (Å²) in [7, 11) is -4.31. The van der Waals surface area contributed by atoms with Crippen molar-refractivity contribution < 1.29 is 32.8 Å². The number of aliphatic carboxylic acids is 1. The zero-order valence-electron chi connectivity index (χ0n) is 14.2. The maximum Gasteiger partial charge on any atom is 0.327 e. The van der Waals surface area contributed by atoms with Gasteiger partial charge < -0.3 is 9.84 Å². The lowest BCUT2D eigenvalue weighted by molar-refractivity contribution is -0.384. The number of hydrogen-bond donors (Lipinski definition) is 1. The lowest BCUT2D eigenvalue weighted by atomic mass is 10.2. The molecule has 0 bridgehead atoms. The fraction of sp³-hybridized carbons (Fsp3) is 0.176. The number of rotatable bonds is 6. The summed E-state index contributed by atoms with van der Waals surface area (Å²) in [4.78, 5) is 33.0. The molecule has 146 valence electrons. The number of nitro benzene ring substituents is 1. The van der Waals surface area contributed by atoms with E-state index in [1.54, 1.807) is 0 Å². The van der Waals surface area contributed by atoms with Crippen LogP contribution in [0.4, 0.5) is 5.69 Å². The van der Waals surface area contributed by atoms with E-state index in [2.05, 4.69) is 0 Å². The zero-order valence-corrected chi connectivity index (χ0v) is 15.0. The lowest BCUT2D eigenvalue weighted by Crippen LogP contribution is -2.42. The molecule has 28 heavy (non-hydrogen) atoms. The van der Waals surface area contributed by atoms with Crippen LogP contribution in [0.2, 0.25) is 0 Å². The molecular formula is C17H14N2O8S. The molecule has 0 spiro atoms. The van der Waals surface area contributed by atoms with Gasteiger partial charge in [0.1, 0.15) is 17.5 Å². The number of carboxylic acid groups (broad SMARTS) is 1. The van der Waals surface area contributed by atoms with Gasteiger partial charge in [-0.1, -0.05) is 0 Å². The first-order chi connectivity index (χ1) is 13.2. The molecule has 1 atom stereocenters. The van der Waals surface area contributed by atoms with Gasteiger partial charge in [0.05, 0.1) is 9.82 Å². The highest BCUT2D eigenvalue weighted by Crippen LogP contribution is 2.29. The summed E-state index contributed by atoms with van der Waals surface area (Å²) >= 11 is 0. The van der Waals surface area contributed by atoms with Crippen molar-refractivity contribution in [2.45, 2.75) is 23.8 Å². The van der Waals surface area contributed by atoms with Gasteiger partial charge in [-0.2, -0.15) is 0 Å². The van der Waals surface area contributed by atoms with Crippen molar-refractivity contribution in [1.82, 2.24) is 4.31 Å². The molecule has 11 heteroatoms. The van der Waals surface area contributed by atoms with Crippen LogP contribution in [-0.2, 0) is 19.6 Å². The normalized spacial score (nSPS) is 16.8. The summed E-state index contributed by atoms with van der Waals surface area (Å²) in [5.74, 6) is -1.58. The molecule has 3 rings (SSSR count). The molecule has 1 aliphatic heterocycles. The predicted octanol–water partition coefficient (Wildman–Crippen LogP) is 2.15. The molecule has 0 unspecified atom stereocenters. The van der Waals surface area contributed by atoms with E-state index in [4.69, 9.17) is 9.84 Å². The van der Waals surface area contributed by atoms with Crippen LogP contribution < -0.4 is 4.74 Å². The van der Waals surface area contributed by atoms with Gasteiger partial charge in [-0.3, -0.25) is 14.9 Å². The summed E-state index contributed by atoms with van der Waals surface area (Å²) in [6.45, 7) is 0.